The van der Waals surface area contributed by atoms with E-state index in [2.05, 4.69) is 47.2 Å². The number of halogens is 1. The van der Waals surface area contributed by atoms with E-state index < -0.39 is 0 Å². The average Bonchev–Trinajstić information content (AvgIpc) is 2.72. The van der Waals surface area contributed by atoms with Crippen LogP contribution in [0.25, 0.3) is 33.1 Å². The summed E-state index contributed by atoms with van der Waals surface area (Å²) < 4.78 is 0. The number of aromatic nitrogens is 2. The normalized spacial score (nSPS) is 15.4. The van der Waals surface area contributed by atoms with Crippen LogP contribution in [-0.4, -0.2) is 48.1 Å². The highest BCUT2D eigenvalue weighted by Gasteiger charge is 2.20. The summed E-state index contributed by atoms with van der Waals surface area (Å²) in [7, 11) is 2.17. The van der Waals surface area contributed by atoms with Gasteiger partial charge in [-0.2, -0.15) is 0 Å². The van der Waals surface area contributed by atoms with E-state index in [9.17, 15) is 0 Å². The van der Waals surface area contributed by atoms with Gasteiger partial charge in [0, 0.05) is 47.5 Å². The van der Waals surface area contributed by atoms with Gasteiger partial charge in [-0.3, -0.25) is 0 Å². The third-order valence-electron chi connectivity index (χ3n) is 5.44. The molecule has 0 amide bonds. The van der Waals surface area contributed by atoms with Crippen molar-refractivity contribution in [2.75, 3.05) is 38.1 Å². The highest BCUT2D eigenvalue weighted by atomic mass is 35.5. The molecule has 0 atom stereocenters. The summed E-state index contributed by atoms with van der Waals surface area (Å²) in [5.41, 5.74) is 4.03. The molecule has 1 aliphatic rings. The maximum Gasteiger partial charge on any atom is 0.162 e. The number of benzene rings is 2. The number of pyridine rings is 2. The van der Waals surface area contributed by atoms with Crippen molar-refractivity contribution in [3.8, 4) is 11.1 Å². The minimum Gasteiger partial charge on any atom is -0.353 e. The Morgan fingerprint density at radius 1 is 0.821 bits per heavy atom. The number of anilines is 1. The van der Waals surface area contributed by atoms with Gasteiger partial charge < -0.3 is 9.80 Å². The van der Waals surface area contributed by atoms with Crippen LogP contribution in [0.5, 0.6) is 0 Å². The van der Waals surface area contributed by atoms with Crippen LogP contribution in [0, 0.1) is 0 Å². The second-order valence-electron chi connectivity index (χ2n) is 7.38. The number of hydrogen-bond acceptors (Lipinski definition) is 4. The molecule has 4 aromatic rings. The van der Waals surface area contributed by atoms with Crippen LogP contribution in [0.3, 0.4) is 0 Å². The predicted octanol–water partition coefficient (Wildman–Crippen LogP) is 4.86. The van der Waals surface area contributed by atoms with Crippen LogP contribution in [0.2, 0.25) is 5.02 Å². The number of para-hydroxylation sites is 1. The molecule has 5 heteroatoms. The largest absolute Gasteiger partial charge is 0.353 e. The summed E-state index contributed by atoms with van der Waals surface area (Å²) >= 11 is 6.12. The fourth-order valence-electron chi connectivity index (χ4n) is 3.80. The molecule has 0 N–H and O–H groups in total. The number of hydrogen-bond donors (Lipinski definition) is 0. The Morgan fingerprint density at radius 2 is 1.57 bits per heavy atom. The van der Waals surface area contributed by atoms with Crippen LogP contribution in [0.1, 0.15) is 0 Å². The van der Waals surface area contributed by atoms with Crippen molar-refractivity contribution >= 4 is 39.4 Å². The minimum atomic E-state index is 0.742. The molecule has 1 fully saturated rings. The monoisotopic (exact) mass is 388 g/mol. The second kappa shape index (κ2) is 7.04. The van der Waals surface area contributed by atoms with E-state index in [1.165, 1.54) is 0 Å². The van der Waals surface area contributed by atoms with E-state index in [0.29, 0.717) is 0 Å². The van der Waals surface area contributed by atoms with Gasteiger partial charge in [0.1, 0.15) is 5.82 Å². The molecule has 0 saturated carbocycles. The van der Waals surface area contributed by atoms with Gasteiger partial charge in [0.25, 0.3) is 0 Å². The summed E-state index contributed by atoms with van der Waals surface area (Å²) in [6.45, 7) is 3.99. The molecule has 0 spiro atoms. The zero-order chi connectivity index (χ0) is 19.1. The van der Waals surface area contributed by atoms with Crippen LogP contribution in [0.15, 0.2) is 60.7 Å². The fourth-order valence-corrected chi connectivity index (χ4v) is 3.93. The van der Waals surface area contributed by atoms with E-state index in [1.807, 2.05) is 30.3 Å². The molecule has 5 rings (SSSR count). The summed E-state index contributed by atoms with van der Waals surface area (Å²) in [5, 5.41) is 2.93. The zero-order valence-electron chi connectivity index (χ0n) is 15.8. The lowest BCUT2D eigenvalue weighted by Crippen LogP contribution is -2.45. The number of piperazine rings is 1. The van der Waals surface area contributed by atoms with Gasteiger partial charge in [-0.1, -0.05) is 41.9 Å². The Hall–Kier alpha value is -2.69. The van der Waals surface area contributed by atoms with Gasteiger partial charge in [-0.15, -0.1) is 0 Å². The summed E-state index contributed by atoms with van der Waals surface area (Å²) in [5.74, 6) is 1.01. The quantitative estimate of drug-likeness (QED) is 0.459. The number of fused-ring (bicyclic) bond motifs is 2. The number of likely N-dealkylation sites (N-methyl/N-ethyl adjacent to an activating group) is 1. The Morgan fingerprint density at radius 3 is 2.36 bits per heavy atom. The fraction of sp³-hybridized carbons (Fsp3) is 0.217. The minimum absolute atomic E-state index is 0.742. The highest BCUT2D eigenvalue weighted by Crippen LogP contribution is 2.34. The molecular weight excluding hydrogens is 368 g/mol. The van der Waals surface area contributed by atoms with Gasteiger partial charge in [0.05, 0.1) is 5.52 Å². The molecule has 3 heterocycles. The molecule has 2 aromatic heterocycles. The second-order valence-corrected chi connectivity index (χ2v) is 7.82. The van der Waals surface area contributed by atoms with Crippen molar-refractivity contribution in [2.45, 2.75) is 0 Å². The molecular formula is C23H21ClN4. The first kappa shape index (κ1) is 17.4. The van der Waals surface area contributed by atoms with Crippen LogP contribution >= 0.6 is 11.6 Å². The Balaban J connectivity index is 1.72. The SMILES string of the molecule is CN1CCN(c2nc3nc4ccccc4cc3cc2-c2ccc(Cl)cc2)CC1. The lowest BCUT2D eigenvalue weighted by molar-refractivity contribution is 0.312. The lowest BCUT2D eigenvalue weighted by Gasteiger charge is -2.34. The highest BCUT2D eigenvalue weighted by molar-refractivity contribution is 6.30. The molecule has 0 bridgehead atoms. The van der Waals surface area contributed by atoms with Gasteiger partial charge in [-0.05, 0) is 42.9 Å². The van der Waals surface area contributed by atoms with Gasteiger partial charge in [0.2, 0.25) is 0 Å². The van der Waals surface area contributed by atoms with Crippen LogP contribution in [-0.2, 0) is 0 Å². The molecule has 4 nitrogen and oxygen atoms in total. The Kier molecular flexibility index (Phi) is 4.38. The Bertz CT molecular complexity index is 1150. The molecule has 28 heavy (non-hydrogen) atoms. The van der Waals surface area contributed by atoms with Crippen molar-refractivity contribution in [1.82, 2.24) is 14.9 Å². The average molecular weight is 389 g/mol. The number of nitrogens with zero attached hydrogens (tertiary/aromatic N) is 4. The first-order valence-corrected chi connectivity index (χ1v) is 9.95. The third-order valence-corrected chi connectivity index (χ3v) is 5.69. The summed E-state index contributed by atoms with van der Waals surface area (Å²) in [6, 6.07) is 20.6. The summed E-state index contributed by atoms with van der Waals surface area (Å²) in [6.07, 6.45) is 0. The van der Waals surface area contributed by atoms with E-state index in [-0.39, 0.29) is 0 Å². The van der Waals surface area contributed by atoms with Crippen molar-refractivity contribution in [3.63, 3.8) is 0 Å². The van der Waals surface area contributed by atoms with E-state index in [1.54, 1.807) is 0 Å². The molecule has 1 saturated heterocycles. The maximum atomic E-state index is 6.12. The van der Waals surface area contributed by atoms with E-state index >= 15 is 0 Å². The first-order valence-electron chi connectivity index (χ1n) is 9.57. The van der Waals surface area contributed by atoms with E-state index in [0.717, 1.165) is 70.1 Å². The summed E-state index contributed by atoms with van der Waals surface area (Å²) in [4.78, 5) is 14.6. The van der Waals surface area contributed by atoms with Crippen molar-refractivity contribution in [1.29, 1.82) is 0 Å². The maximum absolute atomic E-state index is 6.12. The lowest BCUT2D eigenvalue weighted by atomic mass is 10.0. The van der Waals surface area contributed by atoms with Crippen LogP contribution < -0.4 is 4.90 Å². The van der Waals surface area contributed by atoms with Crippen LogP contribution in [0.4, 0.5) is 5.82 Å². The topological polar surface area (TPSA) is 32.3 Å². The smallest absolute Gasteiger partial charge is 0.162 e. The van der Waals surface area contributed by atoms with Gasteiger partial charge in [-0.25, -0.2) is 9.97 Å². The van der Waals surface area contributed by atoms with Gasteiger partial charge in [0.15, 0.2) is 5.65 Å². The van der Waals surface area contributed by atoms with Gasteiger partial charge >= 0.3 is 0 Å². The first-order chi connectivity index (χ1) is 13.7. The molecule has 0 aliphatic carbocycles. The zero-order valence-corrected chi connectivity index (χ0v) is 16.5. The van der Waals surface area contributed by atoms with Crippen molar-refractivity contribution in [2.24, 2.45) is 0 Å². The number of rotatable bonds is 2. The van der Waals surface area contributed by atoms with Crippen molar-refractivity contribution < 1.29 is 0 Å². The van der Waals surface area contributed by atoms with Crippen molar-refractivity contribution in [3.05, 3.63) is 65.7 Å². The molecule has 140 valence electrons. The standard InChI is InChI=1S/C23H21ClN4/c1-27-10-12-28(13-11-27)23-20(16-6-8-19(24)9-7-16)15-18-14-17-4-2-3-5-21(17)25-22(18)26-23/h2-9,14-15H,10-13H2,1H3. The Labute approximate surface area is 169 Å². The predicted molar refractivity (Wildman–Crippen MR) is 117 cm³/mol. The third kappa shape index (κ3) is 3.19. The molecule has 2 aromatic carbocycles. The molecule has 1 aliphatic heterocycles. The molecule has 0 radical (unpaired) electrons. The molecule has 0 unspecified atom stereocenters. The van der Waals surface area contributed by atoms with E-state index in [4.69, 9.17) is 21.6 Å².